The molecule has 0 aromatic heterocycles. The number of benzene rings is 2. The van der Waals surface area contributed by atoms with Crippen LogP contribution in [0.3, 0.4) is 0 Å². The fraction of sp³-hybridized carbons (Fsp3) is 0.316. The minimum Gasteiger partial charge on any atom is -0.457 e. The monoisotopic (exact) mass is 327 g/mol. The first-order chi connectivity index (χ1) is 11.7. The Morgan fingerprint density at radius 3 is 2.58 bits per heavy atom. The molecule has 2 aromatic rings. The standard InChI is InChI=1S/C19H25N3O2/c1-15-9-10-16(14-22-19(20-2)21-11-12-23-3)18(13-15)24-17-7-5-4-6-8-17/h4-10,13H,11-12,14H2,1-3H3,(H2,20,21,22). The highest BCUT2D eigenvalue weighted by molar-refractivity contribution is 5.79. The van der Waals surface area contributed by atoms with E-state index in [1.807, 2.05) is 36.4 Å². The summed E-state index contributed by atoms with van der Waals surface area (Å²) in [5.41, 5.74) is 2.23. The number of aliphatic imine (C=N–C) groups is 1. The van der Waals surface area contributed by atoms with E-state index in [1.165, 1.54) is 0 Å². The van der Waals surface area contributed by atoms with Crippen LogP contribution < -0.4 is 15.4 Å². The molecular weight excluding hydrogens is 302 g/mol. The van der Waals surface area contributed by atoms with E-state index in [4.69, 9.17) is 9.47 Å². The molecule has 2 N–H and O–H groups in total. The first-order valence-corrected chi connectivity index (χ1v) is 7.99. The van der Waals surface area contributed by atoms with Crippen LogP contribution in [0.15, 0.2) is 53.5 Å². The zero-order valence-corrected chi connectivity index (χ0v) is 14.5. The molecule has 0 aliphatic carbocycles. The van der Waals surface area contributed by atoms with E-state index in [-0.39, 0.29) is 0 Å². The molecule has 0 saturated carbocycles. The van der Waals surface area contributed by atoms with Crippen LogP contribution in [-0.2, 0) is 11.3 Å². The number of para-hydroxylation sites is 1. The van der Waals surface area contributed by atoms with Gasteiger partial charge < -0.3 is 20.1 Å². The normalized spacial score (nSPS) is 11.2. The molecule has 0 radical (unpaired) electrons. The van der Waals surface area contributed by atoms with Gasteiger partial charge in [0.05, 0.1) is 6.61 Å². The minimum atomic E-state index is 0.620. The summed E-state index contributed by atoms with van der Waals surface area (Å²) in [7, 11) is 3.43. The van der Waals surface area contributed by atoms with Gasteiger partial charge in [-0.2, -0.15) is 0 Å². The molecule has 0 aliphatic heterocycles. The molecule has 0 atom stereocenters. The lowest BCUT2D eigenvalue weighted by atomic mass is 10.1. The number of ether oxygens (including phenoxy) is 2. The van der Waals surface area contributed by atoms with Crippen LogP contribution in [0.1, 0.15) is 11.1 Å². The zero-order chi connectivity index (χ0) is 17.2. The molecule has 0 saturated heterocycles. The highest BCUT2D eigenvalue weighted by atomic mass is 16.5. The summed E-state index contributed by atoms with van der Waals surface area (Å²) >= 11 is 0. The second-order valence-corrected chi connectivity index (χ2v) is 5.37. The highest BCUT2D eigenvalue weighted by Crippen LogP contribution is 2.26. The molecule has 0 spiro atoms. The zero-order valence-electron chi connectivity index (χ0n) is 14.5. The molecule has 0 bridgehead atoms. The summed E-state index contributed by atoms with van der Waals surface area (Å²) < 4.78 is 11.1. The lowest BCUT2D eigenvalue weighted by Gasteiger charge is -2.15. The van der Waals surface area contributed by atoms with Gasteiger partial charge in [-0.05, 0) is 30.7 Å². The Balaban J connectivity index is 2.04. The average molecular weight is 327 g/mol. The quantitative estimate of drug-likeness (QED) is 0.466. The molecule has 0 amide bonds. The Labute approximate surface area is 143 Å². The van der Waals surface area contributed by atoms with Gasteiger partial charge in [-0.25, -0.2) is 0 Å². The Morgan fingerprint density at radius 1 is 1.08 bits per heavy atom. The van der Waals surface area contributed by atoms with Crippen LogP contribution in [0.25, 0.3) is 0 Å². The largest absolute Gasteiger partial charge is 0.457 e. The number of hydrogen-bond acceptors (Lipinski definition) is 3. The van der Waals surface area contributed by atoms with Crippen molar-refractivity contribution in [3.8, 4) is 11.5 Å². The van der Waals surface area contributed by atoms with Gasteiger partial charge in [0.25, 0.3) is 0 Å². The summed E-state index contributed by atoms with van der Waals surface area (Å²) in [5.74, 6) is 2.41. The molecule has 0 aliphatic rings. The van der Waals surface area contributed by atoms with Gasteiger partial charge >= 0.3 is 0 Å². The number of hydrogen-bond donors (Lipinski definition) is 2. The van der Waals surface area contributed by atoms with Gasteiger partial charge in [0.2, 0.25) is 0 Å². The number of nitrogens with zero attached hydrogens (tertiary/aromatic N) is 1. The van der Waals surface area contributed by atoms with Crippen molar-refractivity contribution in [1.29, 1.82) is 0 Å². The molecule has 5 heteroatoms. The third kappa shape index (κ3) is 5.59. The molecule has 2 aromatic carbocycles. The Hall–Kier alpha value is -2.53. The maximum absolute atomic E-state index is 6.03. The molecule has 5 nitrogen and oxygen atoms in total. The van der Waals surface area contributed by atoms with Crippen molar-refractivity contribution >= 4 is 5.96 Å². The van der Waals surface area contributed by atoms with E-state index in [9.17, 15) is 0 Å². The number of rotatable bonds is 7. The smallest absolute Gasteiger partial charge is 0.191 e. The Morgan fingerprint density at radius 2 is 1.88 bits per heavy atom. The number of aryl methyl sites for hydroxylation is 1. The summed E-state index contributed by atoms with van der Waals surface area (Å²) in [4.78, 5) is 4.20. The Kier molecular flexibility index (Phi) is 7.11. The maximum atomic E-state index is 6.03. The van der Waals surface area contributed by atoms with Gasteiger partial charge in [-0.1, -0.05) is 30.3 Å². The van der Waals surface area contributed by atoms with E-state index in [0.29, 0.717) is 19.7 Å². The maximum Gasteiger partial charge on any atom is 0.191 e. The lowest BCUT2D eigenvalue weighted by Crippen LogP contribution is -2.38. The second-order valence-electron chi connectivity index (χ2n) is 5.37. The molecule has 0 fully saturated rings. The number of guanidine groups is 1. The van der Waals surface area contributed by atoms with E-state index >= 15 is 0 Å². The second kappa shape index (κ2) is 9.57. The first kappa shape index (κ1) is 17.8. The van der Waals surface area contributed by atoms with Gasteiger partial charge in [0.15, 0.2) is 5.96 Å². The fourth-order valence-electron chi connectivity index (χ4n) is 2.19. The summed E-state index contributed by atoms with van der Waals surface area (Å²) in [6, 6.07) is 16.0. The third-order valence-electron chi connectivity index (χ3n) is 3.46. The number of methoxy groups -OCH3 is 1. The molecule has 0 heterocycles. The van der Waals surface area contributed by atoms with Crippen LogP contribution in [0.4, 0.5) is 0 Å². The minimum absolute atomic E-state index is 0.620. The van der Waals surface area contributed by atoms with E-state index in [1.54, 1.807) is 14.2 Å². The molecular formula is C19H25N3O2. The number of nitrogens with one attached hydrogen (secondary N) is 2. The summed E-state index contributed by atoms with van der Waals surface area (Å²) in [6.45, 7) is 4.01. The van der Waals surface area contributed by atoms with Crippen molar-refractivity contribution in [3.05, 3.63) is 59.7 Å². The van der Waals surface area contributed by atoms with Gasteiger partial charge in [-0.15, -0.1) is 0 Å². The predicted molar refractivity (Wildman–Crippen MR) is 97.8 cm³/mol. The Bertz CT molecular complexity index is 657. The fourth-order valence-corrected chi connectivity index (χ4v) is 2.19. The first-order valence-electron chi connectivity index (χ1n) is 7.99. The van der Waals surface area contributed by atoms with Crippen LogP contribution in [0.5, 0.6) is 11.5 Å². The summed E-state index contributed by atoms with van der Waals surface area (Å²) in [5, 5.41) is 6.49. The average Bonchev–Trinajstić information content (AvgIpc) is 2.60. The van der Waals surface area contributed by atoms with E-state index < -0.39 is 0 Å². The van der Waals surface area contributed by atoms with Gasteiger partial charge in [0, 0.05) is 32.8 Å². The third-order valence-corrected chi connectivity index (χ3v) is 3.46. The van der Waals surface area contributed by atoms with Crippen molar-refractivity contribution in [2.75, 3.05) is 27.3 Å². The van der Waals surface area contributed by atoms with Gasteiger partial charge in [-0.3, -0.25) is 4.99 Å². The van der Waals surface area contributed by atoms with Crippen LogP contribution >= 0.6 is 0 Å². The van der Waals surface area contributed by atoms with E-state index in [2.05, 4.69) is 34.7 Å². The van der Waals surface area contributed by atoms with E-state index in [0.717, 1.165) is 28.6 Å². The molecule has 0 unspecified atom stereocenters. The molecule has 2 rings (SSSR count). The summed E-state index contributed by atoms with van der Waals surface area (Å²) in [6.07, 6.45) is 0. The van der Waals surface area contributed by atoms with Crippen LogP contribution in [0.2, 0.25) is 0 Å². The lowest BCUT2D eigenvalue weighted by molar-refractivity contribution is 0.203. The van der Waals surface area contributed by atoms with Crippen LogP contribution in [0, 0.1) is 6.92 Å². The van der Waals surface area contributed by atoms with Crippen molar-refractivity contribution in [2.45, 2.75) is 13.5 Å². The molecule has 24 heavy (non-hydrogen) atoms. The van der Waals surface area contributed by atoms with Gasteiger partial charge in [0.1, 0.15) is 11.5 Å². The van der Waals surface area contributed by atoms with Crippen molar-refractivity contribution in [2.24, 2.45) is 4.99 Å². The molecule has 128 valence electrons. The van der Waals surface area contributed by atoms with Crippen molar-refractivity contribution in [1.82, 2.24) is 10.6 Å². The predicted octanol–water partition coefficient (Wildman–Crippen LogP) is 3.10. The highest BCUT2D eigenvalue weighted by Gasteiger charge is 2.07. The van der Waals surface area contributed by atoms with Crippen molar-refractivity contribution < 1.29 is 9.47 Å². The topological polar surface area (TPSA) is 54.9 Å². The van der Waals surface area contributed by atoms with Crippen LogP contribution in [-0.4, -0.2) is 33.3 Å². The van der Waals surface area contributed by atoms with Crippen molar-refractivity contribution in [3.63, 3.8) is 0 Å². The SMILES string of the molecule is CN=C(NCCOC)NCc1ccc(C)cc1Oc1ccccc1.